The first-order valence-electron chi connectivity index (χ1n) is 10.7. The lowest BCUT2D eigenvalue weighted by Gasteiger charge is -2.24. The van der Waals surface area contributed by atoms with Crippen LogP contribution in [0.3, 0.4) is 0 Å². The van der Waals surface area contributed by atoms with E-state index in [0.29, 0.717) is 18.1 Å². The van der Waals surface area contributed by atoms with Gasteiger partial charge in [0.2, 0.25) is 0 Å². The number of aliphatic hydroxyl groups excluding tert-OH is 3. The van der Waals surface area contributed by atoms with E-state index in [-0.39, 0.29) is 25.7 Å². The van der Waals surface area contributed by atoms with Gasteiger partial charge in [0.1, 0.15) is 0 Å². The fraction of sp³-hybridized carbons (Fsp3) is 0.308. The van der Waals surface area contributed by atoms with Crippen molar-refractivity contribution in [1.29, 1.82) is 0 Å². The Bertz CT molecular complexity index is 905. The summed E-state index contributed by atoms with van der Waals surface area (Å²) in [5, 5.41) is 28.4. The molecule has 3 aromatic rings. The molecule has 0 spiro atoms. The molecule has 0 amide bonds. The van der Waals surface area contributed by atoms with Gasteiger partial charge in [0, 0.05) is 36.3 Å². The van der Waals surface area contributed by atoms with Crippen molar-refractivity contribution < 1.29 is 15.3 Å². The highest BCUT2D eigenvalue weighted by Crippen LogP contribution is 2.34. The molecule has 0 heterocycles. The van der Waals surface area contributed by atoms with Crippen molar-refractivity contribution in [3.05, 3.63) is 100 Å². The predicted molar refractivity (Wildman–Crippen MR) is 127 cm³/mol. The van der Waals surface area contributed by atoms with Crippen LogP contribution in [0.4, 0.5) is 5.69 Å². The number of benzene rings is 3. The van der Waals surface area contributed by atoms with E-state index < -0.39 is 0 Å². The molecular weight excluding hydrogens is 410 g/mol. The first-order valence-corrected chi connectivity index (χ1v) is 11.1. The predicted octanol–water partition coefficient (Wildman–Crippen LogP) is 4.24. The van der Waals surface area contributed by atoms with Gasteiger partial charge in [-0.2, -0.15) is 0 Å². The van der Waals surface area contributed by atoms with Crippen molar-refractivity contribution in [2.45, 2.75) is 18.8 Å². The van der Waals surface area contributed by atoms with Crippen LogP contribution in [-0.2, 0) is 6.42 Å². The summed E-state index contributed by atoms with van der Waals surface area (Å²) >= 11 is 6.13. The molecule has 0 fully saturated rings. The highest BCUT2D eigenvalue weighted by atomic mass is 35.5. The third-order valence-electron chi connectivity index (χ3n) is 5.47. The molecular formula is C26H30ClNO3. The monoisotopic (exact) mass is 439 g/mol. The van der Waals surface area contributed by atoms with Crippen LogP contribution in [0.15, 0.2) is 72.8 Å². The highest BCUT2D eigenvalue weighted by molar-refractivity contribution is 6.30. The number of nitrogens with zero attached hydrogens (tertiary/aromatic N) is 1. The average molecular weight is 440 g/mol. The summed E-state index contributed by atoms with van der Waals surface area (Å²) in [5.74, 6) is 0.0577. The van der Waals surface area contributed by atoms with Gasteiger partial charge < -0.3 is 20.2 Å². The van der Waals surface area contributed by atoms with Crippen LogP contribution in [-0.4, -0.2) is 48.2 Å². The van der Waals surface area contributed by atoms with Gasteiger partial charge in [-0.25, -0.2) is 0 Å². The minimum atomic E-state index is 0.0395. The van der Waals surface area contributed by atoms with Gasteiger partial charge in [0.15, 0.2) is 0 Å². The molecule has 0 saturated heterocycles. The molecule has 0 bridgehead atoms. The van der Waals surface area contributed by atoms with E-state index >= 15 is 0 Å². The minimum absolute atomic E-state index is 0.0395. The van der Waals surface area contributed by atoms with E-state index in [1.54, 1.807) is 0 Å². The lowest BCUT2D eigenvalue weighted by atomic mass is 9.84. The molecule has 3 rings (SSSR count). The molecule has 31 heavy (non-hydrogen) atoms. The van der Waals surface area contributed by atoms with Crippen molar-refractivity contribution in [1.82, 2.24) is 0 Å². The number of hydrogen-bond donors (Lipinski definition) is 3. The number of halogens is 1. The first kappa shape index (κ1) is 23.3. The highest BCUT2D eigenvalue weighted by Gasteiger charge is 2.17. The van der Waals surface area contributed by atoms with E-state index in [1.807, 2.05) is 29.2 Å². The maximum atomic E-state index is 9.32. The first-order chi connectivity index (χ1) is 15.2. The lowest BCUT2D eigenvalue weighted by Crippen LogP contribution is -2.29. The van der Waals surface area contributed by atoms with Gasteiger partial charge in [-0.15, -0.1) is 0 Å². The number of rotatable bonds is 11. The minimum Gasteiger partial charge on any atom is -0.396 e. The quantitative estimate of drug-likeness (QED) is 0.391. The summed E-state index contributed by atoms with van der Waals surface area (Å²) in [7, 11) is 0. The molecule has 164 valence electrons. The zero-order valence-electron chi connectivity index (χ0n) is 17.6. The van der Waals surface area contributed by atoms with Crippen molar-refractivity contribution in [2.24, 2.45) is 0 Å². The van der Waals surface area contributed by atoms with Crippen molar-refractivity contribution in [3.8, 4) is 0 Å². The Kier molecular flexibility index (Phi) is 8.92. The van der Waals surface area contributed by atoms with Crippen LogP contribution in [0.5, 0.6) is 0 Å². The van der Waals surface area contributed by atoms with Crippen LogP contribution in [0.25, 0.3) is 0 Å². The Labute approximate surface area is 189 Å². The Hall–Kier alpha value is -2.37. The largest absolute Gasteiger partial charge is 0.396 e. The van der Waals surface area contributed by atoms with Gasteiger partial charge in [0.25, 0.3) is 0 Å². The molecule has 3 N–H and O–H groups in total. The molecule has 0 aliphatic carbocycles. The number of anilines is 1. The SMILES string of the molecule is OCCCc1ccc(C(c2ccc(Cl)cc2)c2ccc(N(CCO)CCO)cc2)cc1. The van der Waals surface area contributed by atoms with E-state index in [9.17, 15) is 10.2 Å². The van der Waals surface area contributed by atoms with E-state index in [2.05, 4.69) is 48.5 Å². The van der Waals surface area contributed by atoms with Crippen LogP contribution >= 0.6 is 11.6 Å². The molecule has 0 saturated carbocycles. The van der Waals surface area contributed by atoms with E-state index in [1.165, 1.54) is 11.1 Å². The van der Waals surface area contributed by atoms with E-state index in [4.69, 9.17) is 16.7 Å². The third kappa shape index (κ3) is 6.31. The van der Waals surface area contributed by atoms with Gasteiger partial charge in [0.05, 0.1) is 13.2 Å². The Balaban J connectivity index is 1.94. The molecule has 0 aliphatic rings. The second kappa shape index (κ2) is 11.9. The van der Waals surface area contributed by atoms with Crippen LogP contribution in [0.2, 0.25) is 5.02 Å². The number of aryl methyl sites for hydroxylation is 1. The summed E-state index contributed by atoms with van der Waals surface area (Å²) in [6.45, 7) is 1.24. The zero-order valence-corrected chi connectivity index (χ0v) is 18.4. The normalized spacial score (nSPS) is 12.0. The third-order valence-corrected chi connectivity index (χ3v) is 5.72. The topological polar surface area (TPSA) is 63.9 Å². The van der Waals surface area contributed by atoms with Crippen molar-refractivity contribution in [2.75, 3.05) is 37.8 Å². The summed E-state index contributed by atoms with van der Waals surface area (Å²) < 4.78 is 0. The standard InChI is InChI=1S/C26H30ClNO3/c27-24-11-7-22(8-12-24)26(21-5-3-20(4-6-21)2-1-17-29)23-9-13-25(14-10-23)28(15-18-30)16-19-31/h3-14,26,29-31H,1-2,15-19H2. The Morgan fingerprint density at radius 3 is 1.61 bits per heavy atom. The molecule has 0 aliphatic heterocycles. The molecule has 3 aromatic carbocycles. The van der Waals surface area contributed by atoms with Gasteiger partial charge >= 0.3 is 0 Å². The van der Waals surface area contributed by atoms with Crippen molar-refractivity contribution >= 4 is 17.3 Å². The van der Waals surface area contributed by atoms with Crippen LogP contribution < -0.4 is 4.90 Å². The second-order valence-corrected chi connectivity index (χ2v) is 8.02. The maximum absolute atomic E-state index is 9.32. The Morgan fingerprint density at radius 2 is 1.13 bits per heavy atom. The molecule has 1 unspecified atom stereocenters. The molecule has 5 heteroatoms. The molecule has 0 aromatic heterocycles. The molecule has 0 radical (unpaired) electrons. The second-order valence-electron chi connectivity index (χ2n) is 7.58. The smallest absolute Gasteiger partial charge is 0.0606 e. The fourth-order valence-corrected chi connectivity index (χ4v) is 4.01. The summed E-state index contributed by atoms with van der Waals surface area (Å²) in [6.07, 6.45) is 1.63. The average Bonchev–Trinajstić information content (AvgIpc) is 2.80. The molecule has 1 atom stereocenters. The summed E-state index contributed by atoms with van der Waals surface area (Å²) in [6, 6.07) is 24.8. The van der Waals surface area contributed by atoms with Gasteiger partial charge in [-0.1, -0.05) is 60.1 Å². The lowest BCUT2D eigenvalue weighted by molar-refractivity contribution is 0.281. The van der Waals surface area contributed by atoms with Crippen molar-refractivity contribution in [3.63, 3.8) is 0 Å². The van der Waals surface area contributed by atoms with Gasteiger partial charge in [-0.3, -0.25) is 0 Å². The van der Waals surface area contributed by atoms with Gasteiger partial charge in [-0.05, 0) is 59.4 Å². The Morgan fingerprint density at radius 1 is 0.645 bits per heavy atom. The summed E-state index contributed by atoms with van der Waals surface area (Å²) in [5.41, 5.74) is 5.68. The summed E-state index contributed by atoms with van der Waals surface area (Å²) in [4.78, 5) is 1.97. The zero-order chi connectivity index (χ0) is 22.1. The number of aliphatic hydroxyl groups is 3. The van der Waals surface area contributed by atoms with Crippen LogP contribution in [0, 0.1) is 0 Å². The number of hydrogen-bond acceptors (Lipinski definition) is 4. The maximum Gasteiger partial charge on any atom is 0.0606 e. The molecule has 4 nitrogen and oxygen atoms in total. The van der Waals surface area contributed by atoms with Crippen LogP contribution in [0.1, 0.15) is 34.6 Å². The van der Waals surface area contributed by atoms with E-state index in [0.717, 1.165) is 29.7 Å². The fourth-order valence-electron chi connectivity index (χ4n) is 3.88.